The summed E-state index contributed by atoms with van der Waals surface area (Å²) in [4.78, 5) is 21.2. The number of hydrogen-bond donors (Lipinski definition) is 0. The molecule has 5 heteroatoms. The van der Waals surface area contributed by atoms with Crippen molar-refractivity contribution in [1.82, 2.24) is 0 Å². The van der Waals surface area contributed by atoms with Crippen LogP contribution in [0.5, 0.6) is 5.75 Å². The number of nitro benzene ring substituents is 1. The lowest BCUT2D eigenvalue weighted by Crippen LogP contribution is -1.94. The summed E-state index contributed by atoms with van der Waals surface area (Å²) in [7, 11) is 1.55. The number of carbonyl (C=O) groups excluding carboxylic acids is 1. The first-order valence-corrected chi connectivity index (χ1v) is 5.53. The molecule has 2 aromatic carbocycles. The van der Waals surface area contributed by atoms with E-state index in [-0.39, 0.29) is 11.3 Å². The fraction of sp³-hybridized carbons (Fsp3) is 0.0714. The summed E-state index contributed by atoms with van der Waals surface area (Å²) in [6, 6.07) is 11.3. The minimum atomic E-state index is -0.493. The molecule has 96 valence electrons. The first-order valence-electron chi connectivity index (χ1n) is 5.53. The van der Waals surface area contributed by atoms with Crippen LogP contribution < -0.4 is 4.74 Å². The summed E-state index contributed by atoms with van der Waals surface area (Å²) >= 11 is 0. The zero-order valence-corrected chi connectivity index (χ0v) is 10.2. The Morgan fingerprint density at radius 2 is 1.84 bits per heavy atom. The zero-order chi connectivity index (χ0) is 13.8. The normalized spacial score (nSPS) is 9.95. The van der Waals surface area contributed by atoms with Crippen LogP contribution in [0.1, 0.15) is 10.4 Å². The lowest BCUT2D eigenvalue weighted by atomic mass is 10.0. The predicted molar refractivity (Wildman–Crippen MR) is 70.5 cm³/mol. The molecule has 0 aliphatic heterocycles. The molecule has 0 aliphatic rings. The number of hydrogen-bond acceptors (Lipinski definition) is 4. The van der Waals surface area contributed by atoms with Crippen molar-refractivity contribution >= 4 is 12.0 Å². The maximum atomic E-state index is 11.1. The van der Waals surface area contributed by atoms with Crippen molar-refractivity contribution in [2.45, 2.75) is 0 Å². The smallest absolute Gasteiger partial charge is 0.277 e. The van der Waals surface area contributed by atoms with E-state index >= 15 is 0 Å². The Balaban J connectivity index is 2.53. The molecular weight excluding hydrogens is 246 g/mol. The maximum Gasteiger partial charge on any atom is 0.277 e. The number of rotatable bonds is 4. The molecule has 2 rings (SSSR count). The molecule has 0 fully saturated rings. The summed E-state index contributed by atoms with van der Waals surface area (Å²) in [5.74, 6) is 0.677. The van der Waals surface area contributed by atoms with Gasteiger partial charge in [-0.3, -0.25) is 14.9 Å². The Labute approximate surface area is 109 Å². The quantitative estimate of drug-likeness (QED) is 0.479. The van der Waals surface area contributed by atoms with Crippen molar-refractivity contribution in [2.75, 3.05) is 7.11 Å². The van der Waals surface area contributed by atoms with E-state index in [1.165, 1.54) is 6.07 Å². The van der Waals surface area contributed by atoms with E-state index in [9.17, 15) is 14.9 Å². The topological polar surface area (TPSA) is 69.4 Å². The number of benzene rings is 2. The van der Waals surface area contributed by atoms with Crippen molar-refractivity contribution in [3.63, 3.8) is 0 Å². The van der Waals surface area contributed by atoms with Crippen LogP contribution in [0.2, 0.25) is 0 Å². The van der Waals surface area contributed by atoms with Crippen molar-refractivity contribution in [3.05, 3.63) is 58.1 Å². The number of methoxy groups -OCH3 is 1. The predicted octanol–water partition coefficient (Wildman–Crippen LogP) is 3.08. The van der Waals surface area contributed by atoms with Gasteiger partial charge in [0, 0.05) is 11.6 Å². The van der Waals surface area contributed by atoms with Gasteiger partial charge in [0.1, 0.15) is 12.0 Å². The van der Waals surface area contributed by atoms with Crippen LogP contribution in [-0.2, 0) is 0 Å². The van der Waals surface area contributed by atoms with E-state index in [4.69, 9.17) is 4.74 Å². The summed E-state index contributed by atoms with van der Waals surface area (Å²) in [6.07, 6.45) is 0.588. The SMILES string of the molecule is COc1ccc(-c2ccc(C=O)cc2[N+](=O)[O-])cc1. The highest BCUT2D eigenvalue weighted by molar-refractivity contribution is 5.82. The molecule has 0 spiro atoms. The number of ether oxygens (including phenoxy) is 1. The van der Waals surface area contributed by atoms with Crippen molar-refractivity contribution < 1.29 is 14.5 Å². The van der Waals surface area contributed by atoms with Crippen LogP contribution in [0, 0.1) is 10.1 Å². The van der Waals surface area contributed by atoms with Crippen molar-refractivity contribution in [2.24, 2.45) is 0 Å². The van der Waals surface area contributed by atoms with Crippen molar-refractivity contribution in [3.8, 4) is 16.9 Å². The fourth-order valence-corrected chi connectivity index (χ4v) is 1.79. The second kappa shape index (κ2) is 5.30. The first kappa shape index (κ1) is 12.8. The molecule has 0 atom stereocenters. The lowest BCUT2D eigenvalue weighted by Gasteiger charge is -2.05. The first-order chi connectivity index (χ1) is 9.15. The van der Waals surface area contributed by atoms with Gasteiger partial charge in [0.25, 0.3) is 5.69 Å². The summed E-state index contributed by atoms with van der Waals surface area (Å²) < 4.78 is 5.04. The molecule has 0 unspecified atom stereocenters. The van der Waals surface area contributed by atoms with Crippen LogP contribution in [0.15, 0.2) is 42.5 Å². The van der Waals surface area contributed by atoms with Gasteiger partial charge in [0.05, 0.1) is 17.6 Å². The second-order valence-electron chi connectivity index (χ2n) is 3.88. The molecule has 0 amide bonds. The monoisotopic (exact) mass is 257 g/mol. The molecule has 0 radical (unpaired) electrons. The Morgan fingerprint density at radius 3 is 2.37 bits per heavy atom. The molecule has 0 saturated heterocycles. The number of aldehydes is 1. The average molecular weight is 257 g/mol. The second-order valence-corrected chi connectivity index (χ2v) is 3.88. The van der Waals surface area contributed by atoms with Crippen LogP contribution in [0.3, 0.4) is 0 Å². The third-order valence-corrected chi connectivity index (χ3v) is 2.76. The molecule has 0 bridgehead atoms. The van der Waals surface area contributed by atoms with Crippen LogP contribution in [0.4, 0.5) is 5.69 Å². The third kappa shape index (κ3) is 2.60. The minimum Gasteiger partial charge on any atom is -0.497 e. The summed E-state index contributed by atoms with van der Waals surface area (Å²) in [5, 5.41) is 11.1. The fourth-order valence-electron chi connectivity index (χ4n) is 1.79. The van der Waals surface area contributed by atoms with Gasteiger partial charge in [-0.15, -0.1) is 0 Å². The molecule has 19 heavy (non-hydrogen) atoms. The van der Waals surface area contributed by atoms with E-state index < -0.39 is 4.92 Å². The maximum absolute atomic E-state index is 11.1. The van der Waals surface area contributed by atoms with E-state index in [0.29, 0.717) is 23.2 Å². The van der Waals surface area contributed by atoms with Crippen LogP contribution in [-0.4, -0.2) is 18.3 Å². The molecule has 2 aromatic rings. The van der Waals surface area contributed by atoms with Gasteiger partial charge in [0.15, 0.2) is 0 Å². The summed E-state index contributed by atoms with van der Waals surface area (Å²) in [5.41, 5.74) is 1.36. The Hall–Kier alpha value is -2.69. The zero-order valence-electron chi connectivity index (χ0n) is 10.2. The molecule has 0 aliphatic carbocycles. The van der Waals surface area contributed by atoms with Gasteiger partial charge in [-0.25, -0.2) is 0 Å². The van der Waals surface area contributed by atoms with E-state index in [2.05, 4.69) is 0 Å². The molecule has 0 aromatic heterocycles. The minimum absolute atomic E-state index is 0.0882. The Bertz CT molecular complexity index is 620. The largest absolute Gasteiger partial charge is 0.497 e. The van der Waals surface area contributed by atoms with E-state index in [1.54, 1.807) is 43.5 Å². The van der Waals surface area contributed by atoms with E-state index in [1.807, 2.05) is 0 Å². The van der Waals surface area contributed by atoms with Gasteiger partial charge < -0.3 is 4.74 Å². The number of carbonyl (C=O) groups is 1. The highest BCUT2D eigenvalue weighted by atomic mass is 16.6. The Kier molecular flexibility index (Phi) is 3.56. The average Bonchev–Trinajstić information content (AvgIpc) is 2.46. The molecule has 0 N–H and O–H groups in total. The molecule has 5 nitrogen and oxygen atoms in total. The molecule has 0 heterocycles. The van der Waals surface area contributed by atoms with Crippen LogP contribution >= 0.6 is 0 Å². The summed E-state index contributed by atoms with van der Waals surface area (Å²) in [6.45, 7) is 0. The van der Waals surface area contributed by atoms with Crippen molar-refractivity contribution in [1.29, 1.82) is 0 Å². The van der Waals surface area contributed by atoms with Gasteiger partial charge in [-0.05, 0) is 23.8 Å². The standard InChI is InChI=1S/C14H11NO4/c1-19-12-5-3-11(4-6-12)13-7-2-10(9-16)8-14(13)15(17)18/h2-9H,1H3. The van der Waals surface area contributed by atoms with Gasteiger partial charge in [-0.1, -0.05) is 18.2 Å². The highest BCUT2D eigenvalue weighted by Crippen LogP contribution is 2.31. The molecule has 0 saturated carbocycles. The number of nitrogens with zero attached hydrogens (tertiary/aromatic N) is 1. The Morgan fingerprint density at radius 1 is 1.16 bits per heavy atom. The van der Waals surface area contributed by atoms with Crippen LogP contribution in [0.25, 0.3) is 11.1 Å². The third-order valence-electron chi connectivity index (χ3n) is 2.76. The number of nitro groups is 1. The highest BCUT2D eigenvalue weighted by Gasteiger charge is 2.16. The van der Waals surface area contributed by atoms with E-state index in [0.717, 1.165) is 0 Å². The van der Waals surface area contributed by atoms with Gasteiger partial charge in [-0.2, -0.15) is 0 Å². The van der Waals surface area contributed by atoms with Gasteiger partial charge >= 0.3 is 0 Å². The van der Waals surface area contributed by atoms with Gasteiger partial charge in [0.2, 0.25) is 0 Å². The lowest BCUT2D eigenvalue weighted by molar-refractivity contribution is -0.384. The molecular formula is C14H11NO4.